The number of hydrogen-bond donors (Lipinski definition) is 1. The first-order chi connectivity index (χ1) is 5.11. The minimum Gasteiger partial charge on any atom is -0.327 e. The van der Waals surface area contributed by atoms with Crippen LogP contribution in [0, 0.1) is 17.8 Å². The predicted octanol–water partition coefficient (Wildman–Crippen LogP) is 2.41. The molecule has 1 aliphatic carbocycles. The smallest absolute Gasteiger partial charge is 0.00647 e. The second-order valence-corrected chi connectivity index (χ2v) is 4.46. The zero-order chi connectivity index (χ0) is 8.43. The molecule has 0 spiro atoms. The van der Waals surface area contributed by atoms with Gasteiger partial charge in [-0.1, -0.05) is 20.8 Å². The van der Waals surface area contributed by atoms with Crippen molar-refractivity contribution >= 4 is 0 Å². The Labute approximate surface area is 70.4 Å². The molecule has 0 aromatic carbocycles. The molecular weight excluding hydrogens is 134 g/mol. The van der Waals surface area contributed by atoms with Crippen LogP contribution in [0.25, 0.3) is 0 Å². The van der Waals surface area contributed by atoms with Crippen molar-refractivity contribution in [3.05, 3.63) is 0 Å². The minimum absolute atomic E-state index is 0.477. The van der Waals surface area contributed by atoms with E-state index in [1.54, 1.807) is 0 Å². The van der Waals surface area contributed by atoms with Gasteiger partial charge in [-0.25, -0.2) is 0 Å². The van der Waals surface area contributed by atoms with Crippen LogP contribution in [0.3, 0.4) is 0 Å². The molecule has 1 rings (SSSR count). The van der Waals surface area contributed by atoms with Crippen LogP contribution in [0.2, 0.25) is 0 Å². The van der Waals surface area contributed by atoms with Crippen molar-refractivity contribution < 1.29 is 0 Å². The first-order valence-corrected chi connectivity index (χ1v) is 4.87. The van der Waals surface area contributed by atoms with E-state index >= 15 is 0 Å². The van der Waals surface area contributed by atoms with Gasteiger partial charge in [0.05, 0.1) is 0 Å². The molecule has 1 aliphatic rings. The fourth-order valence-electron chi connectivity index (χ4n) is 2.07. The molecule has 1 saturated carbocycles. The van der Waals surface area contributed by atoms with Gasteiger partial charge < -0.3 is 5.73 Å². The third kappa shape index (κ3) is 2.19. The Morgan fingerprint density at radius 2 is 1.91 bits per heavy atom. The first-order valence-electron chi connectivity index (χ1n) is 4.87. The molecule has 3 unspecified atom stereocenters. The number of hydrogen-bond acceptors (Lipinski definition) is 1. The van der Waals surface area contributed by atoms with Gasteiger partial charge in [0.2, 0.25) is 0 Å². The highest BCUT2D eigenvalue weighted by molar-refractivity contribution is 4.80. The summed E-state index contributed by atoms with van der Waals surface area (Å²) < 4.78 is 0. The first kappa shape index (κ1) is 9.05. The number of nitrogens with two attached hydrogens (primary N) is 1. The largest absolute Gasteiger partial charge is 0.327 e. The van der Waals surface area contributed by atoms with Crippen LogP contribution in [0.15, 0.2) is 0 Å². The van der Waals surface area contributed by atoms with Crippen molar-refractivity contribution in [3.63, 3.8) is 0 Å². The van der Waals surface area contributed by atoms with Crippen LogP contribution >= 0.6 is 0 Å². The van der Waals surface area contributed by atoms with E-state index in [1.165, 1.54) is 19.3 Å². The van der Waals surface area contributed by atoms with Crippen molar-refractivity contribution in [1.82, 2.24) is 0 Å². The van der Waals surface area contributed by atoms with Crippen LogP contribution in [0.5, 0.6) is 0 Å². The molecule has 0 saturated heterocycles. The molecule has 1 nitrogen and oxygen atoms in total. The molecule has 2 N–H and O–H groups in total. The number of rotatable bonds is 1. The van der Waals surface area contributed by atoms with Gasteiger partial charge in [-0.2, -0.15) is 0 Å². The molecule has 0 radical (unpaired) electrons. The Bertz CT molecular complexity index is 120. The third-order valence-electron chi connectivity index (χ3n) is 3.22. The molecule has 1 heteroatoms. The lowest BCUT2D eigenvalue weighted by Gasteiger charge is -2.33. The van der Waals surface area contributed by atoms with E-state index in [4.69, 9.17) is 5.73 Å². The van der Waals surface area contributed by atoms with Gasteiger partial charge >= 0.3 is 0 Å². The average Bonchev–Trinajstić information content (AvgIpc) is 1.94. The molecule has 0 aromatic rings. The van der Waals surface area contributed by atoms with Gasteiger partial charge in [0, 0.05) is 6.04 Å². The molecule has 66 valence electrons. The Hall–Kier alpha value is -0.0400. The maximum Gasteiger partial charge on any atom is 0.00647 e. The summed E-state index contributed by atoms with van der Waals surface area (Å²) in [6, 6.07) is 0.477. The molecular formula is C10H21N. The summed E-state index contributed by atoms with van der Waals surface area (Å²) >= 11 is 0. The summed E-state index contributed by atoms with van der Waals surface area (Å²) in [5.74, 6) is 2.53. The van der Waals surface area contributed by atoms with Crippen molar-refractivity contribution in [1.29, 1.82) is 0 Å². The van der Waals surface area contributed by atoms with E-state index in [0.29, 0.717) is 6.04 Å². The molecule has 3 atom stereocenters. The van der Waals surface area contributed by atoms with E-state index in [0.717, 1.165) is 17.8 Å². The Kier molecular flexibility index (Phi) is 2.94. The second-order valence-electron chi connectivity index (χ2n) is 4.46. The van der Waals surface area contributed by atoms with E-state index in [2.05, 4.69) is 20.8 Å². The van der Waals surface area contributed by atoms with Crippen LogP contribution in [-0.4, -0.2) is 6.04 Å². The fraction of sp³-hybridized carbons (Fsp3) is 1.00. The Morgan fingerprint density at radius 3 is 2.36 bits per heavy atom. The zero-order valence-electron chi connectivity index (χ0n) is 8.01. The van der Waals surface area contributed by atoms with Crippen molar-refractivity contribution in [3.8, 4) is 0 Å². The van der Waals surface area contributed by atoms with Crippen LogP contribution in [0.1, 0.15) is 40.0 Å². The molecule has 0 aromatic heterocycles. The van der Waals surface area contributed by atoms with Gasteiger partial charge in [-0.15, -0.1) is 0 Å². The van der Waals surface area contributed by atoms with Crippen molar-refractivity contribution in [2.75, 3.05) is 0 Å². The van der Waals surface area contributed by atoms with E-state index in [9.17, 15) is 0 Å². The molecule has 0 aliphatic heterocycles. The topological polar surface area (TPSA) is 26.0 Å². The van der Waals surface area contributed by atoms with Gasteiger partial charge in [-0.3, -0.25) is 0 Å². The molecule has 0 amide bonds. The van der Waals surface area contributed by atoms with E-state index < -0.39 is 0 Å². The lowest BCUT2D eigenvalue weighted by Crippen LogP contribution is -2.35. The van der Waals surface area contributed by atoms with E-state index in [1.807, 2.05) is 0 Å². The SMILES string of the molecule is CC(C)C1CCC(N)C(C)C1. The van der Waals surface area contributed by atoms with Gasteiger partial charge in [0.15, 0.2) is 0 Å². The quantitative estimate of drug-likeness (QED) is 0.618. The predicted molar refractivity (Wildman–Crippen MR) is 49.3 cm³/mol. The third-order valence-corrected chi connectivity index (χ3v) is 3.22. The van der Waals surface area contributed by atoms with E-state index in [-0.39, 0.29) is 0 Å². The Balaban J connectivity index is 2.40. The van der Waals surface area contributed by atoms with Gasteiger partial charge in [-0.05, 0) is 37.0 Å². The lowest BCUT2D eigenvalue weighted by atomic mass is 9.75. The maximum atomic E-state index is 5.94. The molecule has 1 fully saturated rings. The van der Waals surface area contributed by atoms with Crippen molar-refractivity contribution in [2.45, 2.75) is 46.1 Å². The fourth-order valence-corrected chi connectivity index (χ4v) is 2.07. The maximum absolute atomic E-state index is 5.94. The van der Waals surface area contributed by atoms with Crippen LogP contribution in [0.4, 0.5) is 0 Å². The average molecular weight is 155 g/mol. The van der Waals surface area contributed by atoms with Gasteiger partial charge in [0.1, 0.15) is 0 Å². The van der Waals surface area contributed by atoms with Crippen molar-refractivity contribution in [2.24, 2.45) is 23.5 Å². The molecule has 0 heterocycles. The highest BCUT2D eigenvalue weighted by atomic mass is 14.7. The highest BCUT2D eigenvalue weighted by Crippen LogP contribution is 2.32. The highest BCUT2D eigenvalue weighted by Gasteiger charge is 2.26. The summed E-state index contributed by atoms with van der Waals surface area (Å²) in [6.45, 7) is 6.95. The zero-order valence-corrected chi connectivity index (χ0v) is 8.01. The summed E-state index contributed by atoms with van der Waals surface area (Å²) in [7, 11) is 0. The summed E-state index contributed by atoms with van der Waals surface area (Å²) in [6.07, 6.45) is 3.94. The van der Waals surface area contributed by atoms with Gasteiger partial charge in [0.25, 0.3) is 0 Å². The molecule has 0 bridgehead atoms. The summed E-state index contributed by atoms with van der Waals surface area (Å²) in [4.78, 5) is 0. The second kappa shape index (κ2) is 3.57. The Morgan fingerprint density at radius 1 is 1.27 bits per heavy atom. The lowest BCUT2D eigenvalue weighted by molar-refractivity contribution is 0.202. The van der Waals surface area contributed by atoms with Crippen LogP contribution in [-0.2, 0) is 0 Å². The summed E-state index contributed by atoms with van der Waals surface area (Å²) in [5.41, 5.74) is 5.94. The minimum atomic E-state index is 0.477. The standard InChI is InChI=1S/C10H21N/c1-7(2)9-4-5-10(11)8(3)6-9/h7-10H,4-6,11H2,1-3H3. The molecule has 11 heavy (non-hydrogen) atoms. The van der Waals surface area contributed by atoms with Crippen LogP contribution < -0.4 is 5.73 Å². The summed E-state index contributed by atoms with van der Waals surface area (Å²) in [5, 5.41) is 0. The normalized spacial score (nSPS) is 39.5. The monoisotopic (exact) mass is 155 g/mol.